The number of hydrogen-bond acceptors (Lipinski definition) is 2. The largest absolute Gasteiger partial charge is 0.296 e. The van der Waals surface area contributed by atoms with Gasteiger partial charge in [-0.25, -0.2) is 0 Å². The maximum absolute atomic E-state index is 10.7. The lowest BCUT2D eigenvalue weighted by molar-refractivity contribution is 0.112. The number of aromatic nitrogens is 2. The zero-order valence-corrected chi connectivity index (χ0v) is 7.59. The summed E-state index contributed by atoms with van der Waals surface area (Å²) in [6.45, 7) is 4.02. The Hall–Kier alpha value is -1.64. The van der Waals surface area contributed by atoms with Crippen LogP contribution < -0.4 is 0 Å². The van der Waals surface area contributed by atoms with E-state index in [-0.39, 0.29) is 0 Å². The minimum atomic E-state index is 0.566. The molecule has 3 heteroatoms. The van der Waals surface area contributed by atoms with Gasteiger partial charge >= 0.3 is 0 Å². The molecule has 2 rings (SSSR count). The molecule has 0 atom stereocenters. The quantitative estimate of drug-likeness (QED) is 0.672. The van der Waals surface area contributed by atoms with Crippen LogP contribution in [0.1, 0.15) is 21.6 Å². The molecule has 0 amide bonds. The van der Waals surface area contributed by atoms with Crippen LogP contribution in [0.2, 0.25) is 0 Å². The molecule has 1 aromatic carbocycles. The molecule has 0 unspecified atom stereocenters. The number of fused-ring (bicyclic) bond motifs is 1. The minimum Gasteiger partial charge on any atom is -0.296 e. The third-order valence-electron chi connectivity index (χ3n) is 2.40. The first kappa shape index (κ1) is 7.98. The Morgan fingerprint density at radius 3 is 2.85 bits per heavy atom. The maximum atomic E-state index is 10.7. The van der Waals surface area contributed by atoms with E-state index in [1.165, 1.54) is 5.56 Å². The van der Waals surface area contributed by atoms with Crippen LogP contribution in [-0.2, 0) is 0 Å². The number of nitrogens with zero attached hydrogens (tertiary/aromatic N) is 1. The number of aldehydes is 1. The third kappa shape index (κ3) is 1.04. The van der Waals surface area contributed by atoms with Crippen LogP contribution >= 0.6 is 0 Å². The van der Waals surface area contributed by atoms with Gasteiger partial charge in [-0.05, 0) is 31.0 Å². The highest BCUT2D eigenvalue weighted by molar-refractivity contribution is 5.97. The smallest absolute Gasteiger partial charge is 0.168 e. The molecule has 0 aliphatic carbocycles. The van der Waals surface area contributed by atoms with E-state index in [4.69, 9.17) is 0 Å². The van der Waals surface area contributed by atoms with Crippen molar-refractivity contribution in [3.8, 4) is 0 Å². The Balaban J connectivity index is 2.93. The lowest BCUT2D eigenvalue weighted by Gasteiger charge is -1.99. The monoisotopic (exact) mass is 174 g/mol. The van der Waals surface area contributed by atoms with Crippen molar-refractivity contribution < 1.29 is 4.79 Å². The first-order chi connectivity index (χ1) is 6.24. The van der Waals surface area contributed by atoms with Crippen LogP contribution in [0.4, 0.5) is 0 Å². The molecule has 0 radical (unpaired) electrons. The molecule has 0 aliphatic rings. The van der Waals surface area contributed by atoms with Crippen molar-refractivity contribution in [1.82, 2.24) is 10.2 Å². The standard InChI is InChI=1S/C10H10N2O/c1-6-3-4-8-10(7(6)2)9(5-13)12-11-8/h3-5H,1-2H3,(H,11,12). The van der Waals surface area contributed by atoms with E-state index in [1.54, 1.807) is 0 Å². The molecule has 1 heterocycles. The summed E-state index contributed by atoms with van der Waals surface area (Å²) in [6.07, 6.45) is 0.807. The number of H-pyrrole nitrogens is 1. The lowest BCUT2D eigenvalue weighted by Crippen LogP contribution is -1.85. The molecule has 1 aromatic heterocycles. The highest BCUT2D eigenvalue weighted by atomic mass is 16.1. The van der Waals surface area contributed by atoms with Crippen molar-refractivity contribution in [3.05, 3.63) is 29.0 Å². The summed E-state index contributed by atoms with van der Waals surface area (Å²) >= 11 is 0. The van der Waals surface area contributed by atoms with Gasteiger partial charge in [-0.3, -0.25) is 9.89 Å². The van der Waals surface area contributed by atoms with Gasteiger partial charge in [0.1, 0.15) is 5.69 Å². The molecular formula is C10H10N2O. The molecule has 0 bridgehead atoms. The molecule has 0 saturated heterocycles. The molecule has 2 aromatic rings. The fourth-order valence-corrected chi connectivity index (χ4v) is 1.50. The second kappa shape index (κ2) is 2.69. The van der Waals surface area contributed by atoms with E-state index in [1.807, 2.05) is 26.0 Å². The summed E-state index contributed by atoms with van der Waals surface area (Å²) < 4.78 is 0. The third-order valence-corrected chi connectivity index (χ3v) is 2.40. The zero-order valence-electron chi connectivity index (χ0n) is 7.59. The Kier molecular flexibility index (Phi) is 1.65. The normalized spacial score (nSPS) is 10.6. The SMILES string of the molecule is Cc1ccc2n[nH]c(C=O)c2c1C. The van der Waals surface area contributed by atoms with Gasteiger partial charge in [0.2, 0.25) is 0 Å². The number of aryl methyl sites for hydroxylation is 2. The van der Waals surface area contributed by atoms with E-state index < -0.39 is 0 Å². The van der Waals surface area contributed by atoms with Gasteiger partial charge in [-0.2, -0.15) is 5.10 Å². The van der Waals surface area contributed by atoms with Crippen molar-refractivity contribution in [1.29, 1.82) is 0 Å². The fourth-order valence-electron chi connectivity index (χ4n) is 1.50. The van der Waals surface area contributed by atoms with E-state index in [9.17, 15) is 4.79 Å². The number of benzene rings is 1. The minimum absolute atomic E-state index is 0.566. The first-order valence-corrected chi connectivity index (χ1v) is 4.13. The second-order valence-corrected chi connectivity index (χ2v) is 3.16. The summed E-state index contributed by atoms with van der Waals surface area (Å²) in [5.41, 5.74) is 3.71. The second-order valence-electron chi connectivity index (χ2n) is 3.16. The molecule has 0 saturated carbocycles. The molecule has 3 nitrogen and oxygen atoms in total. The van der Waals surface area contributed by atoms with Gasteiger partial charge in [0.25, 0.3) is 0 Å². The Bertz CT molecular complexity index is 471. The lowest BCUT2D eigenvalue weighted by atomic mass is 10.0. The summed E-state index contributed by atoms with van der Waals surface area (Å²) in [6, 6.07) is 3.92. The predicted molar refractivity (Wildman–Crippen MR) is 51.0 cm³/mol. The van der Waals surface area contributed by atoms with Crippen LogP contribution in [0.5, 0.6) is 0 Å². The number of hydrogen-bond donors (Lipinski definition) is 1. The van der Waals surface area contributed by atoms with Crippen molar-refractivity contribution in [2.45, 2.75) is 13.8 Å². The first-order valence-electron chi connectivity index (χ1n) is 4.13. The number of nitrogens with one attached hydrogen (secondary N) is 1. The van der Waals surface area contributed by atoms with E-state index in [2.05, 4.69) is 10.2 Å². The van der Waals surface area contributed by atoms with Crippen LogP contribution in [0.25, 0.3) is 10.9 Å². The number of aromatic amines is 1. The highest BCUT2D eigenvalue weighted by Gasteiger charge is 2.07. The highest BCUT2D eigenvalue weighted by Crippen LogP contribution is 2.21. The van der Waals surface area contributed by atoms with Gasteiger partial charge in [0, 0.05) is 5.39 Å². The number of rotatable bonds is 1. The van der Waals surface area contributed by atoms with Crippen LogP contribution in [-0.4, -0.2) is 16.5 Å². The van der Waals surface area contributed by atoms with E-state index in [0.29, 0.717) is 5.69 Å². The van der Waals surface area contributed by atoms with Gasteiger partial charge in [0.05, 0.1) is 5.52 Å². The Labute approximate surface area is 75.8 Å². The molecule has 13 heavy (non-hydrogen) atoms. The molecule has 0 aliphatic heterocycles. The number of carbonyl (C=O) groups excluding carboxylic acids is 1. The molecule has 1 N–H and O–H groups in total. The van der Waals surface area contributed by atoms with Gasteiger partial charge in [-0.1, -0.05) is 6.07 Å². The van der Waals surface area contributed by atoms with Crippen molar-refractivity contribution in [3.63, 3.8) is 0 Å². The van der Waals surface area contributed by atoms with Crippen molar-refractivity contribution >= 4 is 17.2 Å². The zero-order chi connectivity index (χ0) is 9.42. The van der Waals surface area contributed by atoms with E-state index in [0.717, 1.165) is 22.8 Å². The predicted octanol–water partition coefficient (Wildman–Crippen LogP) is 1.99. The van der Waals surface area contributed by atoms with Crippen molar-refractivity contribution in [2.75, 3.05) is 0 Å². The average Bonchev–Trinajstić information content (AvgIpc) is 2.55. The van der Waals surface area contributed by atoms with Crippen LogP contribution in [0.15, 0.2) is 12.1 Å². The average molecular weight is 174 g/mol. The van der Waals surface area contributed by atoms with Gasteiger partial charge in [-0.15, -0.1) is 0 Å². The van der Waals surface area contributed by atoms with Crippen LogP contribution in [0, 0.1) is 13.8 Å². The summed E-state index contributed by atoms with van der Waals surface area (Å²) in [7, 11) is 0. The molecule has 66 valence electrons. The summed E-state index contributed by atoms with van der Waals surface area (Å²) in [5, 5.41) is 7.69. The molecule has 0 spiro atoms. The van der Waals surface area contributed by atoms with Crippen molar-refractivity contribution in [2.24, 2.45) is 0 Å². The Morgan fingerprint density at radius 2 is 2.15 bits per heavy atom. The van der Waals surface area contributed by atoms with Gasteiger partial charge in [0.15, 0.2) is 6.29 Å². The topological polar surface area (TPSA) is 45.8 Å². The molecular weight excluding hydrogens is 164 g/mol. The molecule has 0 fully saturated rings. The van der Waals surface area contributed by atoms with E-state index >= 15 is 0 Å². The maximum Gasteiger partial charge on any atom is 0.168 e. The summed E-state index contributed by atoms with van der Waals surface area (Å²) in [5.74, 6) is 0. The fraction of sp³-hybridized carbons (Fsp3) is 0.200. The number of carbonyl (C=O) groups is 1. The Morgan fingerprint density at radius 1 is 1.38 bits per heavy atom. The van der Waals surface area contributed by atoms with Gasteiger partial charge < -0.3 is 0 Å². The summed E-state index contributed by atoms with van der Waals surface area (Å²) in [4.78, 5) is 10.7. The van der Waals surface area contributed by atoms with Crippen LogP contribution in [0.3, 0.4) is 0 Å².